The van der Waals surface area contributed by atoms with Crippen LogP contribution in [0.3, 0.4) is 0 Å². The van der Waals surface area contributed by atoms with Crippen LogP contribution in [-0.2, 0) is 17.9 Å². The van der Waals surface area contributed by atoms with Gasteiger partial charge in [-0.1, -0.05) is 5.16 Å². The highest BCUT2D eigenvalue weighted by molar-refractivity contribution is 9.10. The van der Waals surface area contributed by atoms with Crippen LogP contribution in [-0.4, -0.2) is 59.5 Å². The fraction of sp³-hybridized carbons (Fsp3) is 0.412. The van der Waals surface area contributed by atoms with Crippen LogP contribution in [0.4, 0.5) is 5.82 Å². The van der Waals surface area contributed by atoms with Gasteiger partial charge in [-0.05, 0) is 41.6 Å². The Morgan fingerprint density at radius 3 is 2.53 bits per heavy atom. The summed E-state index contributed by atoms with van der Waals surface area (Å²) in [5.41, 5.74) is 2.18. The third-order valence-corrected chi connectivity index (χ3v) is 5.58. The molecule has 0 saturated carbocycles. The maximum absolute atomic E-state index is 12.1. The van der Waals surface area contributed by atoms with Gasteiger partial charge in [0, 0.05) is 13.1 Å². The molecule has 2 amide bonds. The molecule has 0 saturated heterocycles. The number of aromatic nitrogens is 6. The fourth-order valence-electron chi connectivity index (χ4n) is 2.76. The second-order valence-electron chi connectivity index (χ2n) is 6.82. The van der Waals surface area contributed by atoms with Crippen molar-refractivity contribution in [2.45, 2.75) is 33.9 Å². The fourth-order valence-corrected chi connectivity index (χ4v) is 3.04. The topological polar surface area (TPSA) is 176 Å². The zero-order chi connectivity index (χ0) is 23.4. The first kappa shape index (κ1) is 23.1. The molecular formula is C17H20BrN9O5. The molecule has 14 nitrogen and oxygen atoms in total. The number of amides is 2. The lowest BCUT2D eigenvalue weighted by Gasteiger charge is -2.07. The van der Waals surface area contributed by atoms with Crippen molar-refractivity contribution in [2.75, 3.05) is 13.1 Å². The van der Waals surface area contributed by atoms with E-state index in [0.29, 0.717) is 5.69 Å². The predicted octanol–water partition coefficient (Wildman–Crippen LogP) is 0.653. The van der Waals surface area contributed by atoms with Gasteiger partial charge in [-0.2, -0.15) is 14.8 Å². The number of halogens is 1. The van der Waals surface area contributed by atoms with E-state index in [4.69, 9.17) is 4.52 Å². The highest BCUT2D eigenvalue weighted by Crippen LogP contribution is 2.19. The van der Waals surface area contributed by atoms with E-state index in [9.17, 15) is 19.7 Å². The molecule has 15 heteroatoms. The largest absolute Gasteiger partial charge is 0.390 e. The Kier molecular flexibility index (Phi) is 6.97. The van der Waals surface area contributed by atoms with E-state index < -0.39 is 10.8 Å². The molecule has 0 bridgehead atoms. The molecule has 3 aromatic rings. The number of rotatable bonds is 9. The number of carbonyl (C=O) groups excluding carboxylic acids is 2. The van der Waals surface area contributed by atoms with Gasteiger partial charge < -0.3 is 25.3 Å². The number of hydrogen-bond donors (Lipinski definition) is 2. The van der Waals surface area contributed by atoms with E-state index in [1.165, 1.54) is 10.7 Å². The predicted molar refractivity (Wildman–Crippen MR) is 112 cm³/mol. The van der Waals surface area contributed by atoms with Gasteiger partial charge in [0.05, 0.1) is 32.7 Å². The number of hydrogen-bond acceptors (Lipinski definition) is 9. The van der Waals surface area contributed by atoms with Crippen LogP contribution in [0.25, 0.3) is 0 Å². The lowest BCUT2D eigenvalue weighted by atomic mass is 10.4. The smallest absolute Gasteiger partial charge is 0.358 e. The summed E-state index contributed by atoms with van der Waals surface area (Å²) in [6.07, 6.45) is 0. The summed E-state index contributed by atoms with van der Waals surface area (Å²) in [6.45, 7) is 5.75. The standard InChI is InChI=1S/C17H20BrN9O5/c1-9-6-13(27(30)31)23-25(9)7-12-21-17(32-24-12)16(29)20-5-4-19-14(28)8-26-11(3)15(18)10(2)22-26/h6H,4-5,7-8H2,1-3H3,(H,19,28)(H,20,29). The average Bonchev–Trinajstić information content (AvgIpc) is 3.42. The number of nitrogens with zero attached hydrogens (tertiary/aromatic N) is 7. The van der Waals surface area contributed by atoms with Crippen LogP contribution < -0.4 is 10.6 Å². The molecule has 0 aliphatic carbocycles. The van der Waals surface area contributed by atoms with Crippen molar-refractivity contribution in [2.24, 2.45) is 0 Å². The maximum atomic E-state index is 12.1. The van der Waals surface area contributed by atoms with E-state index in [2.05, 4.69) is 46.9 Å². The number of nitro groups is 1. The second kappa shape index (κ2) is 9.67. The lowest BCUT2D eigenvalue weighted by molar-refractivity contribution is -0.389. The summed E-state index contributed by atoms with van der Waals surface area (Å²) >= 11 is 3.41. The summed E-state index contributed by atoms with van der Waals surface area (Å²) in [5.74, 6) is -1.28. The molecule has 32 heavy (non-hydrogen) atoms. The van der Waals surface area contributed by atoms with Gasteiger partial charge in [-0.25, -0.2) is 0 Å². The Hall–Kier alpha value is -3.62. The lowest BCUT2D eigenvalue weighted by Crippen LogP contribution is -2.36. The molecule has 0 spiro atoms. The number of aryl methyl sites for hydroxylation is 2. The van der Waals surface area contributed by atoms with Crippen molar-refractivity contribution in [1.82, 2.24) is 40.3 Å². The molecule has 0 aliphatic rings. The SMILES string of the molecule is Cc1nn(CC(=O)NCCNC(=O)c2nc(Cn3nc([N+](=O)[O-])cc3C)no2)c(C)c1Br. The molecule has 2 N–H and O–H groups in total. The summed E-state index contributed by atoms with van der Waals surface area (Å²) < 4.78 is 8.71. The van der Waals surface area contributed by atoms with E-state index in [0.717, 1.165) is 15.9 Å². The van der Waals surface area contributed by atoms with Crippen LogP contribution in [0.1, 0.15) is 33.6 Å². The van der Waals surface area contributed by atoms with Gasteiger partial charge in [0.25, 0.3) is 0 Å². The van der Waals surface area contributed by atoms with Crippen molar-refractivity contribution in [3.8, 4) is 0 Å². The molecule has 0 atom stereocenters. The first-order chi connectivity index (χ1) is 15.2. The molecule has 3 rings (SSSR count). The number of carbonyl (C=O) groups is 2. The first-order valence-electron chi connectivity index (χ1n) is 9.41. The summed E-state index contributed by atoms with van der Waals surface area (Å²) in [5, 5.41) is 27.8. The molecule has 0 aromatic carbocycles. The maximum Gasteiger partial charge on any atom is 0.390 e. The summed E-state index contributed by atoms with van der Waals surface area (Å²) in [6, 6.07) is 1.32. The Labute approximate surface area is 189 Å². The Balaban J connectivity index is 1.44. The van der Waals surface area contributed by atoms with Gasteiger partial charge in [0.2, 0.25) is 5.91 Å². The monoisotopic (exact) mass is 509 g/mol. The molecule has 3 heterocycles. The quantitative estimate of drug-likeness (QED) is 0.238. The number of nitrogens with one attached hydrogen (secondary N) is 2. The minimum Gasteiger partial charge on any atom is -0.358 e. The zero-order valence-electron chi connectivity index (χ0n) is 17.5. The highest BCUT2D eigenvalue weighted by atomic mass is 79.9. The van der Waals surface area contributed by atoms with E-state index >= 15 is 0 Å². The third kappa shape index (κ3) is 5.35. The van der Waals surface area contributed by atoms with E-state index in [1.807, 2.05) is 13.8 Å². The van der Waals surface area contributed by atoms with Crippen molar-refractivity contribution in [1.29, 1.82) is 0 Å². The normalized spacial score (nSPS) is 10.9. The van der Waals surface area contributed by atoms with Crippen LogP contribution in [0.2, 0.25) is 0 Å². The van der Waals surface area contributed by atoms with Crippen LogP contribution in [0.5, 0.6) is 0 Å². The van der Waals surface area contributed by atoms with Gasteiger partial charge in [-0.15, -0.1) is 0 Å². The van der Waals surface area contributed by atoms with Crippen LogP contribution in [0, 0.1) is 30.9 Å². The Morgan fingerprint density at radius 1 is 1.19 bits per heavy atom. The van der Waals surface area contributed by atoms with Crippen LogP contribution >= 0.6 is 15.9 Å². The van der Waals surface area contributed by atoms with Gasteiger partial charge in [0.15, 0.2) is 5.82 Å². The van der Waals surface area contributed by atoms with Crippen molar-refractivity contribution >= 4 is 33.6 Å². The van der Waals surface area contributed by atoms with Crippen molar-refractivity contribution in [3.05, 3.63) is 49.5 Å². The van der Waals surface area contributed by atoms with Crippen molar-refractivity contribution in [3.63, 3.8) is 0 Å². The van der Waals surface area contributed by atoms with Gasteiger partial charge >= 0.3 is 17.6 Å². The first-order valence-corrected chi connectivity index (χ1v) is 10.2. The summed E-state index contributed by atoms with van der Waals surface area (Å²) in [7, 11) is 0. The van der Waals surface area contributed by atoms with E-state index in [1.54, 1.807) is 11.6 Å². The average molecular weight is 510 g/mol. The minimum atomic E-state index is -0.608. The Bertz CT molecular complexity index is 1170. The minimum absolute atomic E-state index is 0.00887. The van der Waals surface area contributed by atoms with Crippen molar-refractivity contribution < 1.29 is 19.0 Å². The van der Waals surface area contributed by atoms with Gasteiger partial charge in [-0.3, -0.25) is 14.3 Å². The van der Waals surface area contributed by atoms with E-state index in [-0.39, 0.29) is 49.6 Å². The molecule has 170 valence electrons. The second-order valence-corrected chi connectivity index (χ2v) is 7.62. The molecular weight excluding hydrogens is 490 g/mol. The zero-order valence-corrected chi connectivity index (χ0v) is 19.0. The molecule has 0 aliphatic heterocycles. The molecule has 3 aromatic heterocycles. The molecule has 0 radical (unpaired) electrons. The molecule has 0 fully saturated rings. The van der Waals surface area contributed by atoms with Gasteiger partial charge in [0.1, 0.15) is 13.1 Å². The van der Waals surface area contributed by atoms with Crippen LogP contribution in [0.15, 0.2) is 15.1 Å². The molecule has 0 unspecified atom stereocenters. The Morgan fingerprint density at radius 2 is 1.91 bits per heavy atom. The highest BCUT2D eigenvalue weighted by Gasteiger charge is 2.20. The summed E-state index contributed by atoms with van der Waals surface area (Å²) in [4.78, 5) is 38.4. The third-order valence-electron chi connectivity index (χ3n) is 4.43.